The number of aromatic hydroxyl groups is 2. The Morgan fingerprint density at radius 3 is 1.59 bits per heavy atom. The summed E-state index contributed by atoms with van der Waals surface area (Å²) in [6.07, 6.45) is 0. The predicted molar refractivity (Wildman–Crippen MR) is 102 cm³/mol. The molecule has 4 aliphatic rings. The third kappa shape index (κ3) is 1.52. The van der Waals surface area contributed by atoms with E-state index in [1.54, 1.807) is 0 Å². The lowest BCUT2D eigenvalue weighted by atomic mass is 9.60. The van der Waals surface area contributed by atoms with Gasteiger partial charge in [-0.3, -0.25) is 5.41 Å². The van der Waals surface area contributed by atoms with Gasteiger partial charge in [-0.2, -0.15) is 0 Å². The van der Waals surface area contributed by atoms with Gasteiger partial charge in [0.15, 0.2) is 5.84 Å². The van der Waals surface area contributed by atoms with Crippen LogP contribution in [0, 0.1) is 5.41 Å². The van der Waals surface area contributed by atoms with E-state index in [0.29, 0.717) is 11.1 Å². The highest BCUT2D eigenvalue weighted by atomic mass is 16.3. The molecule has 0 unspecified atom stereocenters. The lowest BCUT2D eigenvalue weighted by molar-refractivity contribution is 0.439. The molecule has 130 valence electrons. The highest BCUT2D eigenvalue weighted by molar-refractivity contribution is 6.24. The monoisotopic (exact) mass is 353 g/mol. The highest BCUT2D eigenvalue weighted by Gasteiger charge is 2.47. The van der Waals surface area contributed by atoms with E-state index in [9.17, 15) is 10.2 Å². The number of phenols is 2. The number of phenolic OH excluding ortho intramolecular Hbond substituents is 2. The fraction of sp³-hybridized carbons (Fsp3) is 0.0909. The lowest BCUT2D eigenvalue weighted by Crippen LogP contribution is -2.29. The van der Waals surface area contributed by atoms with E-state index in [-0.39, 0.29) is 46.1 Å². The quantitative estimate of drug-likeness (QED) is 0.322. The maximum absolute atomic E-state index is 11.2. The van der Waals surface area contributed by atoms with Crippen LogP contribution in [0.1, 0.15) is 56.3 Å². The van der Waals surface area contributed by atoms with Crippen molar-refractivity contribution >= 4 is 11.7 Å². The molecule has 2 bridgehead atoms. The standard InChI is InChI=1S/C22H15N3O2/c23-21-17-18(22(24)25-21)20(27)16-14-10-6-2-1-5-9(10)13(15(16)19(17)26)11-7-3-4-8-12(11)14/h1-8,13-14,26-27H,(H3,23,24,25). The first-order valence-electron chi connectivity index (χ1n) is 8.82. The maximum atomic E-state index is 11.2. The summed E-state index contributed by atoms with van der Waals surface area (Å²) in [4.78, 5) is 3.98. The average Bonchev–Trinajstić information content (AvgIpc) is 3.00. The van der Waals surface area contributed by atoms with Crippen molar-refractivity contribution < 1.29 is 10.2 Å². The molecule has 1 aliphatic heterocycles. The number of amidine groups is 2. The normalized spacial score (nSPS) is 20.6. The third-order valence-corrected chi connectivity index (χ3v) is 6.06. The van der Waals surface area contributed by atoms with Crippen LogP contribution in [-0.2, 0) is 0 Å². The van der Waals surface area contributed by atoms with Gasteiger partial charge >= 0.3 is 0 Å². The zero-order valence-corrected chi connectivity index (χ0v) is 14.2. The van der Waals surface area contributed by atoms with Gasteiger partial charge in [-0.25, -0.2) is 4.99 Å². The second-order valence-corrected chi connectivity index (χ2v) is 7.24. The lowest BCUT2D eigenvalue weighted by Gasteiger charge is -2.43. The predicted octanol–water partition coefficient (Wildman–Crippen LogP) is 3.13. The SMILES string of the molecule is N=C1N=C(N)c2c(O)c3c(c(O)c21)C1c2ccccc2C3c2ccccc21. The van der Waals surface area contributed by atoms with E-state index in [1.807, 2.05) is 24.3 Å². The number of aliphatic imine (C=N–C) groups is 1. The van der Waals surface area contributed by atoms with Crippen LogP contribution >= 0.6 is 0 Å². The molecule has 0 saturated carbocycles. The Morgan fingerprint density at radius 2 is 1.15 bits per heavy atom. The summed E-state index contributed by atoms with van der Waals surface area (Å²) < 4.78 is 0. The first-order valence-corrected chi connectivity index (χ1v) is 8.82. The number of nitrogens with zero attached hydrogens (tertiary/aromatic N) is 1. The largest absolute Gasteiger partial charge is 0.507 e. The van der Waals surface area contributed by atoms with Crippen molar-refractivity contribution in [1.82, 2.24) is 0 Å². The third-order valence-electron chi connectivity index (χ3n) is 6.06. The van der Waals surface area contributed by atoms with Crippen molar-refractivity contribution in [1.29, 1.82) is 5.41 Å². The van der Waals surface area contributed by atoms with Crippen molar-refractivity contribution in [2.45, 2.75) is 11.8 Å². The number of rotatable bonds is 0. The summed E-state index contributed by atoms with van der Waals surface area (Å²) in [6.45, 7) is 0. The molecule has 1 heterocycles. The average molecular weight is 353 g/mol. The molecule has 3 aromatic rings. The van der Waals surface area contributed by atoms with Crippen molar-refractivity contribution in [3.05, 3.63) is 93.0 Å². The van der Waals surface area contributed by atoms with E-state index in [1.165, 1.54) is 0 Å². The number of nitrogens with one attached hydrogen (secondary N) is 1. The fourth-order valence-electron chi connectivity index (χ4n) is 5.09. The van der Waals surface area contributed by atoms with E-state index in [4.69, 9.17) is 11.1 Å². The number of hydrogen-bond acceptors (Lipinski definition) is 4. The molecule has 5 heteroatoms. The first-order chi connectivity index (χ1) is 13.1. The number of hydrogen-bond donors (Lipinski definition) is 4. The Labute approximate surface area is 154 Å². The Kier molecular flexibility index (Phi) is 2.46. The van der Waals surface area contributed by atoms with Gasteiger partial charge in [0.2, 0.25) is 0 Å². The Bertz CT molecular complexity index is 1200. The molecule has 7 rings (SSSR count). The van der Waals surface area contributed by atoms with Crippen molar-refractivity contribution in [3.63, 3.8) is 0 Å². The number of fused-ring (bicyclic) bond motifs is 1. The molecule has 5 nitrogen and oxygen atoms in total. The van der Waals surface area contributed by atoms with Crippen LogP contribution in [0.5, 0.6) is 11.5 Å². The van der Waals surface area contributed by atoms with E-state index in [0.717, 1.165) is 22.3 Å². The van der Waals surface area contributed by atoms with E-state index < -0.39 is 0 Å². The smallest absolute Gasteiger partial charge is 0.158 e. The van der Waals surface area contributed by atoms with Gasteiger partial charge in [0, 0.05) is 23.0 Å². The molecule has 0 radical (unpaired) electrons. The summed E-state index contributed by atoms with van der Waals surface area (Å²) >= 11 is 0. The Morgan fingerprint density at radius 1 is 0.741 bits per heavy atom. The minimum absolute atomic E-state index is 0.00556. The van der Waals surface area contributed by atoms with Crippen LogP contribution in [-0.4, -0.2) is 21.9 Å². The van der Waals surface area contributed by atoms with Crippen LogP contribution in [0.15, 0.2) is 53.5 Å². The molecular weight excluding hydrogens is 338 g/mol. The zero-order valence-electron chi connectivity index (χ0n) is 14.2. The second kappa shape index (κ2) is 4.57. The van der Waals surface area contributed by atoms with Gasteiger partial charge in [-0.1, -0.05) is 48.5 Å². The van der Waals surface area contributed by atoms with Crippen LogP contribution in [0.2, 0.25) is 0 Å². The summed E-state index contributed by atoms with van der Waals surface area (Å²) in [5.74, 6) is -0.375. The summed E-state index contributed by atoms with van der Waals surface area (Å²) in [5, 5.41) is 30.4. The minimum atomic E-state index is -0.191. The van der Waals surface area contributed by atoms with E-state index in [2.05, 4.69) is 29.3 Å². The van der Waals surface area contributed by atoms with Crippen LogP contribution in [0.25, 0.3) is 0 Å². The molecule has 0 atom stereocenters. The second-order valence-electron chi connectivity index (χ2n) is 7.24. The molecule has 0 saturated heterocycles. The minimum Gasteiger partial charge on any atom is -0.507 e. The molecule has 0 fully saturated rings. The van der Waals surface area contributed by atoms with Crippen LogP contribution < -0.4 is 5.73 Å². The number of benzene rings is 3. The summed E-state index contributed by atoms with van der Waals surface area (Å²) in [6, 6.07) is 16.3. The summed E-state index contributed by atoms with van der Waals surface area (Å²) in [5.41, 5.74) is 12.3. The van der Waals surface area contributed by atoms with Gasteiger partial charge in [0.05, 0.1) is 11.1 Å². The van der Waals surface area contributed by atoms with Crippen LogP contribution in [0.4, 0.5) is 0 Å². The van der Waals surface area contributed by atoms with Crippen molar-refractivity contribution in [2.75, 3.05) is 0 Å². The van der Waals surface area contributed by atoms with Crippen LogP contribution in [0.3, 0.4) is 0 Å². The van der Waals surface area contributed by atoms with Crippen molar-refractivity contribution in [3.8, 4) is 11.5 Å². The summed E-state index contributed by atoms with van der Waals surface area (Å²) in [7, 11) is 0. The van der Waals surface area contributed by atoms with Crippen molar-refractivity contribution in [2.24, 2.45) is 10.7 Å². The molecule has 3 aromatic carbocycles. The highest BCUT2D eigenvalue weighted by Crippen LogP contribution is 2.61. The molecule has 27 heavy (non-hydrogen) atoms. The molecule has 3 aliphatic carbocycles. The van der Waals surface area contributed by atoms with Gasteiger partial charge in [-0.05, 0) is 22.3 Å². The maximum Gasteiger partial charge on any atom is 0.158 e. The Balaban J connectivity index is 1.80. The molecule has 0 spiro atoms. The topological polar surface area (TPSA) is 103 Å². The zero-order chi connectivity index (χ0) is 18.4. The van der Waals surface area contributed by atoms with Gasteiger partial charge < -0.3 is 15.9 Å². The van der Waals surface area contributed by atoms with Gasteiger partial charge in [0.1, 0.15) is 17.3 Å². The van der Waals surface area contributed by atoms with E-state index >= 15 is 0 Å². The molecular formula is C22H15N3O2. The fourth-order valence-corrected chi connectivity index (χ4v) is 5.09. The molecule has 5 N–H and O–H groups in total. The van der Waals surface area contributed by atoms with Gasteiger partial charge in [0.25, 0.3) is 0 Å². The first kappa shape index (κ1) is 14.6. The Hall–Kier alpha value is -3.60. The van der Waals surface area contributed by atoms with Gasteiger partial charge in [-0.15, -0.1) is 0 Å². The molecule has 0 amide bonds. The molecule has 0 aromatic heterocycles. The number of nitrogens with two attached hydrogens (primary N) is 1.